The zero-order valence-electron chi connectivity index (χ0n) is 11.6. The van der Waals surface area contributed by atoms with Crippen LogP contribution in [0.3, 0.4) is 0 Å². The number of halogens is 1. The third kappa shape index (κ3) is 3.21. The van der Waals surface area contributed by atoms with Gasteiger partial charge in [-0.25, -0.2) is 4.39 Å². The summed E-state index contributed by atoms with van der Waals surface area (Å²) in [5.41, 5.74) is 3.70. The largest absolute Gasteiger partial charge is 0.392 e. The Morgan fingerprint density at radius 3 is 2.11 bits per heavy atom. The first-order valence-corrected chi connectivity index (χ1v) is 6.41. The molecular weight excluding hydrogens is 239 g/mol. The highest BCUT2D eigenvalue weighted by atomic mass is 19.1. The van der Waals surface area contributed by atoms with Crippen molar-refractivity contribution < 1.29 is 9.50 Å². The van der Waals surface area contributed by atoms with Crippen molar-refractivity contribution >= 4 is 0 Å². The topological polar surface area (TPSA) is 20.2 Å². The van der Waals surface area contributed by atoms with Crippen LogP contribution in [0.2, 0.25) is 0 Å². The van der Waals surface area contributed by atoms with E-state index in [2.05, 4.69) is 32.9 Å². The molecule has 0 aliphatic carbocycles. The van der Waals surface area contributed by atoms with Crippen molar-refractivity contribution in [1.29, 1.82) is 0 Å². The molecule has 19 heavy (non-hydrogen) atoms. The van der Waals surface area contributed by atoms with Gasteiger partial charge in [-0.2, -0.15) is 0 Å². The van der Waals surface area contributed by atoms with Crippen molar-refractivity contribution in [2.45, 2.75) is 32.8 Å². The third-order valence-corrected chi connectivity index (χ3v) is 3.22. The molecule has 0 saturated carbocycles. The minimum atomic E-state index is -0.318. The van der Waals surface area contributed by atoms with Crippen molar-refractivity contribution in [1.82, 2.24) is 0 Å². The van der Waals surface area contributed by atoms with Crippen molar-refractivity contribution in [3.8, 4) is 11.1 Å². The Morgan fingerprint density at radius 2 is 1.58 bits per heavy atom. The van der Waals surface area contributed by atoms with E-state index in [0.29, 0.717) is 5.56 Å². The highest BCUT2D eigenvalue weighted by molar-refractivity contribution is 5.64. The van der Waals surface area contributed by atoms with Gasteiger partial charge in [0.15, 0.2) is 0 Å². The highest BCUT2D eigenvalue weighted by Gasteiger charge is 2.13. The second kappa shape index (κ2) is 5.14. The molecule has 2 aromatic carbocycles. The van der Waals surface area contributed by atoms with Crippen LogP contribution >= 0.6 is 0 Å². The van der Waals surface area contributed by atoms with Gasteiger partial charge in [0, 0.05) is 0 Å². The van der Waals surface area contributed by atoms with Crippen LogP contribution in [-0.2, 0) is 12.0 Å². The van der Waals surface area contributed by atoms with E-state index in [-0.39, 0.29) is 17.8 Å². The van der Waals surface area contributed by atoms with Gasteiger partial charge in [-0.05, 0) is 45.9 Å². The molecule has 0 amide bonds. The van der Waals surface area contributed by atoms with E-state index in [9.17, 15) is 4.39 Å². The van der Waals surface area contributed by atoms with Crippen LogP contribution in [0.25, 0.3) is 11.1 Å². The molecule has 0 atom stereocenters. The molecule has 0 unspecified atom stereocenters. The van der Waals surface area contributed by atoms with Gasteiger partial charge >= 0.3 is 0 Å². The van der Waals surface area contributed by atoms with Gasteiger partial charge in [0.05, 0.1) is 6.61 Å². The second-order valence-electron chi connectivity index (χ2n) is 5.83. The van der Waals surface area contributed by atoms with Crippen molar-refractivity contribution in [2.24, 2.45) is 0 Å². The van der Waals surface area contributed by atoms with Gasteiger partial charge in [-0.3, -0.25) is 0 Å². The Balaban J connectivity index is 2.40. The molecule has 0 radical (unpaired) electrons. The van der Waals surface area contributed by atoms with Gasteiger partial charge in [0.2, 0.25) is 0 Å². The number of rotatable bonds is 2. The molecule has 0 saturated heterocycles. The summed E-state index contributed by atoms with van der Waals surface area (Å²) in [7, 11) is 0. The van der Waals surface area contributed by atoms with E-state index in [1.54, 1.807) is 0 Å². The fourth-order valence-electron chi connectivity index (χ4n) is 2.07. The second-order valence-corrected chi connectivity index (χ2v) is 5.83. The van der Waals surface area contributed by atoms with Crippen LogP contribution in [0.1, 0.15) is 31.9 Å². The van der Waals surface area contributed by atoms with E-state index in [0.717, 1.165) is 11.1 Å². The molecule has 0 aromatic heterocycles. The van der Waals surface area contributed by atoms with Crippen molar-refractivity contribution in [3.05, 3.63) is 59.4 Å². The normalized spacial score (nSPS) is 11.6. The van der Waals surface area contributed by atoms with E-state index >= 15 is 0 Å². The number of hydrogen-bond donors (Lipinski definition) is 1. The van der Waals surface area contributed by atoms with E-state index in [1.807, 2.05) is 18.2 Å². The summed E-state index contributed by atoms with van der Waals surface area (Å²) in [6.45, 7) is 6.33. The fraction of sp³-hybridized carbons (Fsp3) is 0.294. The summed E-state index contributed by atoms with van der Waals surface area (Å²) >= 11 is 0. The summed E-state index contributed by atoms with van der Waals surface area (Å²) < 4.78 is 13.5. The van der Waals surface area contributed by atoms with E-state index in [4.69, 9.17) is 5.11 Å². The van der Waals surface area contributed by atoms with Crippen LogP contribution < -0.4 is 0 Å². The lowest BCUT2D eigenvalue weighted by atomic mass is 9.86. The lowest BCUT2D eigenvalue weighted by Crippen LogP contribution is -2.10. The highest BCUT2D eigenvalue weighted by Crippen LogP contribution is 2.27. The molecule has 2 rings (SSSR count). The standard InChI is InChI=1S/C17H19FO/c1-17(2,3)15-6-4-13(5-7-15)14-8-12(11-19)9-16(18)10-14/h4-10,19H,11H2,1-3H3. The fourth-order valence-corrected chi connectivity index (χ4v) is 2.07. The first-order chi connectivity index (χ1) is 8.90. The quantitative estimate of drug-likeness (QED) is 0.852. The first-order valence-electron chi connectivity index (χ1n) is 6.41. The number of aliphatic hydroxyl groups is 1. The van der Waals surface area contributed by atoms with Gasteiger partial charge in [-0.1, -0.05) is 45.0 Å². The minimum Gasteiger partial charge on any atom is -0.392 e. The van der Waals surface area contributed by atoms with Gasteiger partial charge in [-0.15, -0.1) is 0 Å². The van der Waals surface area contributed by atoms with Crippen LogP contribution in [0, 0.1) is 5.82 Å². The number of hydrogen-bond acceptors (Lipinski definition) is 1. The maximum absolute atomic E-state index is 13.5. The Bertz CT molecular complexity index is 565. The first kappa shape index (κ1) is 13.8. The Kier molecular flexibility index (Phi) is 3.72. The van der Waals surface area contributed by atoms with E-state index < -0.39 is 0 Å². The average Bonchev–Trinajstić information content (AvgIpc) is 2.37. The molecule has 0 spiro atoms. The molecule has 0 aliphatic heterocycles. The van der Waals surface area contributed by atoms with Crippen LogP contribution in [0.4, 0.5) is 4.39 Å². The lowest BCUT2D eigenvalue weighted by molar-refractivity contribution is 0.281. The predicted octanol–water partition coefficient (Wildman–Crippen LogP) is 4.28. The minimum absolute atomic E-state index is 0.108. The van der Waals surface area contributed by atoms with Crippen LogP contribution in [-0.4, -0.2) is 5.11 Å². The molecule has 0 aliphatic rings. The Hall–Kier alpha value is -1.67. The van der Waals surface area contributed by atoms with Gasteiger partial charge in [0.1, 0.15) is 5.82 Å². The summed E-state index contributed by atoms with van der Waals surface area (Å²) in [6.07, 6.45) is 0. The monoisotopic (exact) mass is 258 g/mol. The molecule has 0 fully saturated rings. The molecule has 1 nitrogen and oxygen atoms in total. The maximum atomic E-state index is 13.5. The molecule has 1 N–H and O–H groups in total. The van der Waals surface area contributed by atoms with Crippen LogP contribution in [0.5, 0.6) is 0 Å². The Morgan fingerprint density at radius 1 is 0.947 bits per heavy atom. The molecule has 100 valence electrons. The zero-order valence-corrected chi connectivity index (χ0v) is 11.6. The van der Waals surface area contributed by atoms with Crippen LogP contribution in [0.15, 0.2) is 42.5 Å². The molecule has 2 aromatic rings. The maximum Gasteiger partial charge on any atom is 0.124 e. The molecule has 0 heterocycles. The third-order valence-electron chi connectivity index (χ3n) is 3.22. The van der Waals surface area contributed by atoms with Gasteiger partial charge in [0.25, 0.3) is 0 Å². The van der Waals surface area contributed by atoms with E-state index in [1.165, 1.54) is 17.7 Å². The van der Waals surface area contributed by atoms with Crippen molar-refractivity contribution in [3.63, 3.8) is 0 Å². The molecule has 0 bridgehead atoms. The summed E-state index contributed by atoms with van der Waals surface area (Å²) in [5.74, 6) is -0.318. The SMILES string of the molecule is CC(C)(C)c1ccc(-c2cc(F)cc(CO)c2)cc1. The summed E-state index contributed by atoms with van der Waals surface area (Å²) in [5, 5.41) is 9.12. The number of aliphatic hydroxyl groups excluding tert-OH is 1. The number of benzene rings is 2. The molecular formula is C17H19FO. The van der Waals surface area contributed by atoms with Crippen molar-refractivity contribution in [2.75, 3.05) is 0 Å². The average molecular weight is 258 g/mol. The molecule has 2 heteroatoms. The summed E-state index contributed by atoms with van der Waals surface area (Å²) in [6, 6.07) is 12.8. The zero-order chi connectivity index (χ0) is 14.0. The Labute approximate surface area is 113 Å². The predicted molar refractivity (Wildman–Crippen MR) is 76.5 cm³/mol. The summed E-state index contributed by atoms with van der Waals surface area (Å²) in [4.78, 5) is 0. The lowest BCUT2D eigenvalue weighted by Gasteiger charge is -2.19. The smallest absolute Gasteiger partial charge is 0.124 e. The van der Waals surface area contributed by atoms with Gasteiger partial charge < -0.3 is 5.11 Å².